The minimum atomic E-state index is -5.32. The van der Waals surface area contributed by atoms with Gasteiger partial charge in [0.25, 0.3) is 0 Å². The van der Waals surface area contributed by atoms with Crippen LogP contribution in [-0.4, -0.2) is 12.3 Å². The van der Waals surface area contributed by atoms with E-state index >= 15 is 0 Å². The summed E-state index contributed by atoms with van der Waals surface area (Å²) < 4.78 is 102. The Hall–Kier alpha value is -3.56. The van der Waals surface area contributed by atoms with Gasteiger partial charge in [0.15, 0.2) is 11.6 Å². The molecule has 168 valence electrons. The van der Waals surface area contributed by atoms with E-state index < -0.39 is 52.3 Å². The minimum absolute atomic E-state index is 0.277. The van der Waals surface area contributed by atoms with Gasteiger partial charge in [0.05, 0.1) is 0 Å². The number of halogens is 7. The molecule has 0 unspecified atom stereocenters. The summed E-state index contributed by atoms with van der Waals surface area (Å²) >= 11 is 0. The number of carbonyl (C=O) groups excluding carboxylic acids is 1. The molecule has 0 saturated heterocycles. The number of carbonyl (C=O) groups is 1. The molecule has 0 aliphatic heterocycles. The summed E-state index contributed by atoms with van der Waals surface area (Å²) in [5.74, 6) is -9.00. The van der Waals surface area contributed by atoms with Crippen molar-refractivity contribution in [3.63, 3.8) is 0 Å². The fraction of sp³-hybridized carbons (Fsp3) is 0.136. The number of rotatable bonds is 6. The van der Waals surface area contributed by atoms with Gasteiger partial charge >= 0.3 is 12.3 Å². The number of hydrogen-bond acceptors (Lipinski definition) is 3. The summed E-state index contributed by atoms with van der Waals surface area (Å²) in [6, 6.07) is 5.26. The Kier molecular flexibility index (Phi) is 6.42. The van der Waals surface area contributed by atoms with Crippen molar-refractivity contribution in [3.05, 3.63) is 83.4 Å². The summed E-state index contributed by atoms with van der Waals surface area (Å²) in [5.41, 5.74) is -0.677. The Labute approximate surface area is 176 Å². The molecule has 0 aromatic heterocycles. The second kappa shape index (κ2) is 8.89. The molecule has 3 nitrogen and oxygen atoms in total. The average Bonchev–Trinajstić information content (AvgIpc) is 2.68. The van der Waals surface area contributed by atoms with Gasteiger partial charge in [-0.3, -0.25) is 0 Å². The van der Waals surface area contributed by atoms with Gasteiger partial charge < -0.3 is 9.47 Å². The maximum Gasteiger partial charge on any atom is 0.573 e. The van der Waals surface area contributed by atoms with Gasteiger partial charge in [-0.15, -0.1) is 19.8 Å². The van der Waals surface area contributed by atoms with Crippen LogP contribution < -0.4 is 9.47 Å². The van der Waals surface area contributed by atoms with Gasteiger partial charge in [0, 0.05) is 5.39 Å². The van der Waals surface area contributed by atoms with E-state index in [1.54, 1.807) is 6.08 Å². The number of aryl methyl sites for hydroxylation is 1. The van der Waals surface area contributed by atoms with Crippen molar-refractivity contribution in [2.75, 3.05) is 0 Å². The van der Waals surface area contributed by atoms with Crippen molar-refractivity contribution in [1.82, 2.24) is 0 Å². The number of hydrogen-bond donors (Lipinski definition) is 0. The standard InChI is InChI=1S/C22H13F7O3/c1-2-3-4-11-7-15(23)18(16(24)8-11)21(30)31-13-5-6-14-12(9-13)10-17(25)20(19(14)26)32-22(27,28)29/h2,5-10H,1,3-4H2. The first-order valence-corrected chi connectivity index (χ1v) is 8.98. The summed E-state index contributed by atoms with van der Waals surface area (Å²) in [4.78, 5) is 12.3. The predicted molar refractivity (Wildman–Crippen MR) is 100 cm³/mol. The fourth-order valence-corrected chi connectivity index (χ4v) is 2.95. The molecule has 0 fully saturated rings. The van der Waals surface area contributed by atoms with Gasteiger partial charge in [-0.05, 0) is 60.2 Å². The van der Waals surface area contributed by atoms with Crippen LogP contribution in [0.5, 0.6) is 11.5 Å². The van der Waals surface area contributed by atoms with Crippen molar-refractivity contribution < 1.29 is 45.0 Å². The summed E-state index contributed by atoms with van der Waals surface area (Å²) in [6.07, 6.45) is -3.00. The molecule has 32 heavy (non-hydrogen) atoms. The summed E-state index contributed by atoms with van der Waals surface area (Å²) in [7, 11) is 0. The van der Waals surface area contributed by atoms with E-state index in [1.807, 2.05) is 0 Å². The Morgan fingerprint density at radius 3 is 2.22 bits per heavy atom. The molecule has 3 aromatic rings. The molecule has 0 amide bonds. The monoisotopic (exact) mass is 458 g/mol. The quantitative estimate of drug-likeness (QED) is 0.180. The predicted octanol–water partition coefficient (Wildman–Crippen LogP) is 6.63. The topological polar surface area (TPSA) is 35.5 Å². The summed E-state index contributed by atoms with van der Waals surface area (Å²) in [6.45, 7) is 3.50. The lowest BCUT2D eigenvalue weighted by Gasteiger charge is -2.13. The van der Waals surface area contributed by atoms with E-state index in [-0.39, 0.29) is 11.1 Å². The third-order valence-corrected chi connectivity index (χ3v) is 4.33. The molecule has 0 radical (unpaired) electrons. The molecule has 0 atom stereocenters. The minimum Gasteiger partial charge on any atom is -0.423 e. The first kappa shape index (κ1) is 23.1. The molecule has 0 saturated carbocycles. The normalized spacial score (nSPS) is 11.5. The third kappa shape index (κ3) is 5.01. The highest BCUT2D eigenvalue weighted by atomic mass is 19.4. The highest BCUT2D eigenvalue weighted by molar-refractivity contribution is 5.93. The highest BCUT2D eigenvalue weighted by Gasteiger charge is 2.34. The Morgan fingerprint density at radius 1 is 0.969 bits per heavy atom. The molecule has 10 heteroatoms. The summed E-state index contributed by atoms with van der Waals surface area (Å²) in [5, 5.41) is -0.741. The zero-order chi connectivity index (χ0) is 23.6. The van der Waals surface area contributed by atoms with Gasteiger partial charge in [-0.25, -0.2) is 22.4 Å². The van der Waals surface area contributed by atoms with Crippen LogP contribution in [-0.2, 0) is 6.42 Å². The number of alkyl halides is 3. The van der Waals surface area contributed by atoms with Crippen LogP contribution in [0, 0.1) is 23.3 Å². The van der Waals surface area contributed by atoms with Crippen LogP contribution in [0.25, 0.3) is 10.8 Å². The van der Waals surface area contributed by atoms with Crippen molar-refractivity contribution >= 4 is 16.7 Å². The smallest absolute Gasteiger partial charge is 0.423 e. The second-order valence-electron chi connectivity index (χ2n) is 6.58. The maximum atomic E-state index is 14.3. The Morgan fingerprint density at radius 2 is 1.62 bits per heavy atom. The lowest BCUT2D eigenvalue weighted by Crippen LogP contribution is -2.19. The van der Waals surface area contributed by atoms with Crippen LogP contribution in [0.2, 0.25) is 0 Å². The fourth-order valence-electron chi connectivity index (χ4n) is 2.95. The molecule has 0 heterocycles. The van der Waals surface area contributed by atoms with Gasteiger partial charge in [0.2, 0.25) is 5.75 Å². The molecule has 0 aliphatic carbocycles. The number of benzene rings is 3. The molecular weight excluding hydrogens is 445 g/mol. The van der Waals surface area contributed by atoms with Crippen molar-refractivity contribution in [2.45, 2.75) is 19.2 Å². The van der Waals surface area contributed by atoms with Gasteiger partial charge in [-0.2, -0.15) is 0 Å². The third-order valence-electron chi connectivity index (χ3n) is 4.33. The van der Waals surface area contributed by atoms with Crippen LogP contribution in [0.15, 0.2) is 49.1 Å². The first-order chi connectivity index (χ1) is 15.0. The van der Waals surface area contributed by atoms with E-state index in [4.69, 9.17) is 4.74 Å². The lowest BCUT2D eigenvalue weighted by molar-refractivity contribution is -0.276. The highest BCUT2D eigenvalue weighted by Crippen LogP contribution is 2.35. The Balaban J connectivity index is 1.90. The number of allylic oxidation sites excluding steroid dienone is 1. The lowest BCUT2D eigenvalue weighted by atomic mass is 10.1. The number of esters is 1. The Bertz CT molecular complexity index is 1180. The molecular formula is C22H13F7O3. The van der Waals surface area contributed by atoms with E-state index in [0.717, 1.165) is 30.3 Å². The molecule has 3 aromatic carbocycles. The van der Waals surface area contributed by atoms with E-state index in [0.29, 0.717) is 24.5 Å². The van der Waals surface area contributed by atoms with E-state index in [1.165, 1.54) is 0 Å². The maximum absolute atomic E-state index is 14.3. The average molecular weight is 458 g/mol. The van der Waals surface area contributed by atoms with Crippen molar-refractivity contribution in [3.8, 4) is 11.5 Å². The molecule has 0 spiro atoms. The zero-order valence-electron chi connectivity index (χ0n) is 16.0. The largest absolute Gasteiger partial charge is 0.573 e. The molecule has 3 rings (SSSR count). The molecule has 0 bridgehead atoms. The number of fused-ring (bicyclic) bond motifs is 1. The van der Waals surface area contributed by atoms with Gasteiger partial charge in [0.1, 0.15) is 22.9 Å². The van der Waals surface area contributed by atoms with Crippen LogP contribution >= 0.6 is 0 Å². The van der Waals surface area contributed by atoms with Gasteiger partial charge in [-0.1, -0.05) is 6.08 Å². The molecule has 0 aliphatic rings. The number of ether oxygens (including phenoxy) is 2. The van der Waals surface area contributed by atoms with E-state index in [9.17, 15) is 35.5 Å². The molecule has 0 N–H and O–H groups in total. The SMILES string of the molecule is C=CCCc1cc(F)c(C(=O)Oc2ccc3c(F)c(OC(F)(F)F)c(F)cc3c2)c(F)c1. The van der Waals surface area contributed by atoms with Crippen molar-refractivity contribution in [1.29, 1.82) is 0 Å². The second-order valence-corrected chi connectivity index (χ2v) is 6.58. The van der Waals surface area contributed by atoms with Crippen molar-refractivity contribution in [2.24, 2.45) is 0 Å². The first-order valence-electron chi connectivity index (χ1n) is 8.98. The van der Waals surface area contributed by atoms with Crippen LogP contribution in [0.1, 0.15) is 22.3 Å². The van der Waals surface area contributed by atoms with Crippen LogP contribution in [0.4, 0.5) is 30.7 Å². The van der Waals surface area contributed by atoms with E-state index in [2.05, 4.69) is 11.3 Å². The zero-order valence-corrected chi connectivity index (χ0v) is 16.0. The van der Waals surface area contributed by atoms with Crippen LogP contribution in [0.3, 0.4) is 0 Å².